The van der Waals surface area contributed by atoms with Crippen molar-refractivity contribution in [3.8, 4) is 0 Å². The van der Waals surface area contributed by atoms with Crippen molar-refractivity contribution in [1.29, 1.82) is 0 Å². The highest BCUT2D eigenvalue weighted by molar-refractivity contribution is 6.29. The third-order valence-electron chi connectivity index (χ3n) is 5.14. The van der Waals surface area contributed by atoms with E-state index in [2.05, 4.69) is 9.97 Å². The van der Waals surface area contributed by atoms with E-state index in [4.69, 9.17) is 21.1 Å². The largest absolute Gasteiger partial charge is 0.420 e. The third kappa shape index (κ3) is 3.24. The smallest absolute Gasteiger partial charge is 0.412 e. The minimum absolute atomic E-state index is 0.292. The molecule has 3 aromatic rings. The van der Waals surface area contributed by atoms with Crippen molar-refractivity contribution >= 4 is 40.5 Å². The van der Waals surface area contributed by atoms with Gasteiger partial charge in [-0.25, -0.2) is 14.8 Å². The molecule has 2 aliphatic heterocycles. The molecule has 8 nitrogen and oxygen atoms in total. The highest BCUT2D eigenvalue weighted by Crippen LogP contribution is 2.38. The first-order valence-electron chi connectivity index (χ1n) is 9.51. The zero-order valence-electron chi connectivity index (χ0n) is 15.8. The van der Waals surface area contributed by atoms with Gasteiger partial charge in [0.15, 0.2) is 5.65 Å². The van der Waals surface area contributed by atoms with Gasteiger partial charge in [-0.15, -0.1) is 0 Å². The molecular weight excluding hydrogens is 408 g/mol. The normalized spacial score (nSPS) is 18.6. The van der Waals surface area contributed by atoms with Crippen LogP contribution in [0.3, 0.4) is 0 Å². The number of hydrogen-bond acceptors (Lipinski definition) is 6. The van der Waals surface area contributed by atoms with E-state index < -0.39 is 12.3 Å². The van der Waals surface area contributed by atoms with Crippen LogP contribution >= 0.6 is 11.6 Å². The number of nitrogens with zero attached hydrogens (tertiary/aromatic N) is 4. The van der Waals surface area contributed by atoms with Crippen molar-refractivity contribution in [2.45, 2.75) is 6.23 Å². The van der Waals surface area contributed by atoms with E-state index in [-0.39, 0.29) is 5.91 Å². The molecule has 152 valence electrons. The number of carbonyl (C=O) groups is 2. The van der Waals surface area contributed by atoms with E-state index in [1.165, 1.54) is 4.90 Å². The number of ether oxygens (including phenoxy) is 2. The molecule has 30 heavy (non-hydrogen) atoms. The first kappa shape index (κ1) is 18.8. The molecule has 1 unspecified atom stereocenters. The number of fused-ring (bicyclic) bond motifs is 2. The Kier molecular flexibility index (Phi) is 4.72. The summed E-state index contributed by atoms with van der Waals surface area (Å²) >= 11 is 6.00. The maximum atomic E-state index is 13.2. The van der Waals surface area contributed by atoms with E-state index in [0.29, 0.717) is 54.0 Å². The van der Waals surface area contributed by atoms with E-state index in [1.807, 2.05) is 0 Å². The lowest BCUT2D eigenvalue weighted by Gasteiger charge is -2.30. The van der Waals surface area contributed by atoms with Gasteiger partial charge in [-0.05, 0) is 30.3 Å². The minimum Gasteiger partial charge on any atom is -0.420 e. The number of halogens is 1. The molecule has 1 atom stereocenters. The maximum absolute atomic E-state index is 13.2. The number of aromatic nitrogens is 2. The summed E-state index contributed by atoms with van der Waals surface area (Å²) in [5.74, 6) is 0.0394. The van der Waals surface area contributed by atoms with Gasteiger partial charge in [-0.2, -0.15) is 0 Å². The molecule has 2 amide bonds. The molecule has 1 saturated heterocycles. The van der Waals surface area contributed by atoms with E-state index >= 15 is 0 Å². The predicted molar refractivity (Wildman–Crippen MR) is 109 cm³/mol. The first-order chi connectivity index (χ1) is 14.6. The van der Waals surface area contributed by atoms with Crippen LogP contribution in [0.5, 0.6) is 0 Å². The van der Waals surface area contributed by atoms with Crippen LogP contribution < -0.4 is 4.90 Å². The number of pyridine rings is 2. The molecule has 0 saturated carbocycles. The topological polar surface area (TPSA) is 84.9 Å². The molecule has 0 N–H and O–H groups in total. The van der Waals surface area contributed by atoms with Gasteiger partial charge in [-0.3, -0.25) is 9.69 Å². The summed E-state index contributed by atoms with van der Waals surface area (Å²) in [5, 5.41) is 1.09. The number of carbonyl (C=O) groups excluding carboxylic acids is 2. The fraction of sp³-hybridized carbons (Fsp3) is 0.238. The monoisotopic (exact) mass is 424 g/mol. The van der Waals surface area contributed by atoms with Crippen LogP contribution in [-0.2, 0) is 9.47 Å². The second kappa shape index (κ2) is 7.55. The van der Waals surface area contributed by atoms with Gasteiger partial charge in [0.1, 0.15) is 11.0 Å². The van der Waals surface area contributed by atoms with Crippen LogP contribution in [0, 0.1) is 0 Å². The van der Waals surface area contributed by atoms with Gasteiger partial charge in [0.25, 0.3) is 5.91 Å². The minimum atomic E-state index is -0.923. The lowest BCUT2D eigenvalue weighted by Crippen LogP contribution is -2.43. The summed E-state index contributed by atoms with van der Waals surface area (Å²) in [7, 11) is 0. The van der Waals surface area contributed by atoms with Gasteiger partial charge < -0.3 is 14.4 Å². The Morgan fingerprint density at radius 2 is 1.83 bits per heavy atom. The van der Waals surface area contributed by atoms with Crippen molar-refractivity contribution < 1.29 is 19.1 Å². The Bertz CT molecular complexity index is 1150. The summed E-state index contributed by atoms with van der Waals surface area (Å²) < 4.78 is 11.1. The molecule has 5 rings (SSSR count). The Morgan fingerprint density at radius 3 is 2.67 bits per heavy atom. The van der Waals surface area contributed by atoms with Crippen molar-refractivity contribution in [2.75, 3.05) is 31.2 Å². The number of rotatable bonds is 2. The van der Waals surface area contributed by atoms with E-state index in [1.54, 1.807) is 53.4 Å². The Labute approximate surface area is 177 Å². The second-order valence-corrected chi connectivity index (χ2v) is 7.34. The first-order valence-corrected chi connectivity index (χ1v) is 9.89. The molecule has 2 aliphatic rings. The standard InChI is InChI=1S/C21H17ClN4O4/c22-16-7-5-13-6-8-17(24-18(13)23-16)26-19(27)14-3-1-2-4-15(14)20(26)30-21(28)25-9-11-29-12-10-25/h1-8,20H,9-12H2. The van der Waals surface area contributed by atoms with E-state index in [0.717, 1.165) is 5.39 Å². The fourth-order valence-electron chi connectivity index (χ4n) is 3.64. The quantitative estimate of drug-likeness (QED) is 0.586. The lowest BCUT2D eigenvalue weighted by atomic mass is 10.1. The molecule has 1 aromatic carbocycles. The van der Waals surface area contributed by atoms with Gasteiger partial charge >= 0.3 is 6.09 Å². The molecule has 2 aromatic heterocycles. The van der Waals surface area contributed by atoms with Crippen molar-refractivity contribution in [1.82, 2.24) is 14.9 Å². The molecule has 0 radical (unpaired) electrons. The van der Waals surface area contributed by atoms with Gasteiger partial charge in [0.05, 0.1) is 13.2 Å². The highest BCUT2D eigenvalue weighted by atomic mass is 35.5. The number of hydrogen-bond donors (Lipinski definition) is 0. The fourth-order valence-corrected chi connectivity index (χ4v) is 3.78. The third-order valence-corrected chi connectivity index (χ3v) is 5.35. The molecule has 0 bridgehead atoms. The lowest BCUT2D eigenvalue weighted by molar-refractivity contribution is 0.0130. The summed E-state index contributed by atoms with van der Waals surface area (Å²) in [6.45, 7) is 1.80. The van der Waals surface area contributed by atoms with Gasteiger partial charge in [0, 0.05) is 29.6 Å². The van der Waals surface area contributed by atoms with Crippen molar-refractivity contribution in [3.05, 3.63) is 64.8 Å². The number of anilines is 1. The van der Waals surface area contributed by atoms with Gasteiger partial charge in [-0.1, -0.05) is 29.8 Å². The molecule has 4 heterocycles. The van der Waals surface area contributed by atoms with Crippen LogP contribution in [0.25, 0.3) is 11.0 Å². The Balaban J connectivity index is 1.53. The van der Waals surface area contributed by atoms with Crippen LogP contribution in [0.4, 0.5) is 10.6 Å². The van der Waals surface area contributed by atoms with Gasteiger partial charge in [0.2, 0.25) is 6.23 Å². The number of morpholine rings is 1. The average molecular weight is 425 g/mol. The zero-order valence-corrected chi connectivity index (χ0v) is 16.6. The molecule has 0 spiro atoms. The zero-order chi connectivity index (χ0) is 20.7. The van der Waals surface area contributed by atoms with Crippen LogP contribution in [0.2, 0.25) is 5.15 Å². The summed E-state index contributed by atoms with van der Waals surface area (Å²) in [6.07, 6.45) is -1.42. The van der Waals surface area contributed by atoms with Crippen LogP contribution in [0.15, 0.2) is 48.5 Å². The SMILES string of the molecule is O=C(OC1c2ccccc2C(=O)N1c1ccc2ccc(Cl)nc2n1)N1CCOCC1. The Hall–Kier alpha value is -3.23. The number of amides is 2. The molecule has 0 aliphatic carbocycles. The summed E-state index contributed by atoms with van der Waals surface area (Å²) in [4.78, 5) is 37.6. The molecule has 1 fully saturated rings. The molecular formula is C21H17ClN4O4. The van der Waals surface area contributed by atoms with Crippen LogP contribution in [-0.4, -0.2) is 53.2 Å². The van der Waals surface area contributed by atoms with Crippen molar-refractivity contribution in [3.63, 3.8) is 0 Å². The summed E-state index contributed by atoms with van der Waals surface area (Å²) in [6, 6.07) is 14.1. The maximum Gasteiger partial charge on any atom is 0.412 e. The van der Waals surface area contributed by atoms with Crippen molar-refractivity contribution in [2.24, 2.45) is 0 Å². The highest BCUT2D eigenvalue weighted by Gasteiger charge is 2.41. The number of benzene rings is 1. The second-order valence-electron chi connectivity index (χ2n) is 6.95. The van der Waals surface area contributed by atoms with Crippen LogP contribution in [0.1, 0.15) is 22.1 Å². The predicted octanol–water partition coefficient (Wildman–Crippen LogP) is 3.41. The average Bonchev–Trinajstić information content (AvgIpc) is 3.05. The van der Waals surface area contributed by atoms with E-state index in [9.17, 15) is 9.59 Å². The molecule has 9 heteroatoms. The Morgan fingerprint density at radius 1 is 1.07 bits per heavy atom. The summed E-state index contributed by atoms with van der Waals surface area (Å²) in [5.41, 5.74) is 1.49.